The minimum absolute atomic E-state index is 0.0368. The van der Waals surface area contributed by atoms with E-state index in [-0.39, 0.29) is 29.8 Å². The van der Waals surface area contributed by atoms with Crippen molar-refractivity contribution in [1.29, 1.82) is 0 Å². The van der Waals surface area contributed by atoms with Crippen molar-refractivity contribution in [1.82, 2.24) is 0 Å². The molecule has 1 heterocycles. The fourth-order valence-electron chi connectivity index (χ4n) is 6.72. The van der Waals surface area contributed by atoms with Crippen LogP contribution in [0.5, 0.6) is 0 Å². The molecule has 2 unspecified atom stereocenters. The van der Waals surface area contributed by atoms with Crippen molar-refractivity contribution in [2.75, 3.05) is 0 Å². The molecule has 0 radical (unpaired) electrons. The van der Waals surface area contributed by atoms with E-state index in [0.29, 0.717) is 19.3 Å². The van der Waals surface area contributed by atoms with Crippen LogP contribution in [0.4, 0.5) is 0 Å². The topological polar surface area (TPSA) is 107 Å². The minimum atomic E-state index is -1.49. The Morgan fingerprint density at radius 1 is 0.944 bits per heavy atom. The van der Waals surface area contributed by atoms with E-state index in [2.05, 4.69) is 13.8 Å². The third kappa shape index (κ3) is 8.48. The lowest BCUT2D eigenvalue weighted by atomic mass is 9.59. The number of cyclic esters (lactones) is 1. The molecule has 0 aromatic carbocycles. The van der Waals surface area contributed by atoms with Gasteiger partial charge in [0.05, 0.1) is 5.92 Å². The number of ether oxygens (including phenoxy) is 1. The number of carboxylic acids is 1. The summed E-state index contributed by atoms with van der Waals surface area (Å²) < 4.78 is 5.61. The third-order valence-electron chi connectivity index (χ3n) is 8.96. The number of unbranched alkanes of at least 4 members (excludes halogenated alkanes) is 11. The van der Waals surface area contributed by atoms with Crippen LogP contribution in [0.1, 0.15) is 142 Å². The first-order valence-corrected chi connectivity index (χ1v) is 15.1. The van der Waals surface area contributed by atoms with Crippen LogP contribution in [0, 0.1) is 23.2 Å². The first-order chi connectivity index (χ1) is 17.4. The lowest BCUT2D eigenvalue weighted by Crippen LogP contribution is -2.54. The standard InChI is InChI=1S/C30H53NO5/c1-3-5-7-9-10-11-12-13-14-18-23(22-26-24(27(32)36-26)19-15-8-6-4-2)25-20-16-17-21-30(25,28(31)33)29(34)35/h23-26H,3-22H2,1-2H3,(H2,31,33)(H,34,35)/t23?,24-,25?,26-,30-/m0/s1. The van der Waals surface area contributed by atoms with Crippen LogP contribution in [-0.4, -0.2) is 29.1 Å². The quantitative estimate of drug-likeness (QED) is 0.103. The van der Waals surface area contributed by atoms with Crippen molar-refractivity contribution in [2.24, 2.45) is 28.9 Å². The average Bonchev–Trinajstić information content (AvgIpc) is 2.85. The molecule has 0 aromatic rings. The van der Waals surface area contributed by atoms with Crippen LogP contribution in [0.25, 0.3) is 0 Å². The number of carbonyl (C=O) groups is 3. The Hall–Kier alpha value is -1.59. The first-order valence-electron chi connectivity index (χ1n) is 15.1. The van der Waals surface area contributed by atoms with E-state index in [1.54, 1.807) is 0 Å². The molecule has 2 aliphatic rings. The van der Waals surface area contributed by atoms with E-state index < -0.39 is 17.3 Å². The highest BCUT2D eigenvalue weighted by Gasteiger charge is 2.55. The molecule has 1 saturated carbocycles. The van der Waals surface area contributed by atoms with E-state index in [9.17, 15) is 19.5 Å². The second kappa shape index (κ2) is 16.3. The molecule has 5 atom stereocenters. The lowest BCUT2D eigenvalue weighted by Gasteiger charge is -2.45. The van der Waals surface area contributed by atoms with E-state index in [0.717, 1.165) is 57.8 Å². The van der Waals surface area contributed by atoms with Gasteiger partial charge in [-0.25, -0.2) is 0 Å². The molecule has 1 saturated heterocycles. The van der Waals surface area contributed by atoms with E-state index in [4.69, 9.17) is 10.5 Å². The molecular weight excluding hydrogens is 454 g/mol. The molecule has 0 spiro atoms. The van der Waals surface area contributed by atoms with Crippen LogP contribution in [0.2, 0.25) is 0 Å². The maximum atomic E-state index is 12.6. The van der Waals surface area contributed by atoms with Gasteiger partial charge < -0.3 is 15.6 Å². The number of aliphatic carboxylic acids is 1. The predicted octanol–water partition coefficient (Wildman–Crippen LogP) is 7.17. The molecule has 2 fully saturated rings. The normalized spacial score (nSPS) is 26.7. The Morgan fingerprint density at radius 2 is 1.53 bits per heavy atom. The average molecular weight is 508 g/mol. The number of carboxylic acid groups (broad SMARTS) is 1. The molecule has 1 amide bonds. The highest BCUT2D eigenvalue weighted by Crippen LogP contribution is 2.49. The number of primary amides is 1. The monoisotopic (exact) mass is 507 g/mol. The van der Waals surface area contributed by atoms with Gasteiger partial charge in [0.25, 0.3) is 0 Å². The fourth-order valence-corrected chi connectivity index (χ4v) is 6.72. The second-order valence-corrected chi connectivity index (χ2v) is 11.5. The molecule has 6 heteroatoms. The molecule has 3 N–H and O–H groups in total. The van der Waals surface area contributed by atoms with Crippen LogP contribution >= 0.6 is 0 Å². The zero-order valence-corrected chi connectivity index (χ0v) is 23.1. The minimum Gasteiger partial charge on any atom is -0.480 e. The van der Waals surface area contributed by atoms with Gasteiger partial charge in [0.1, 0.15) is 11.5 Å². The number of hydrogen-bond acceptors (Lipinski definition) is 4. The number of hydrogen-bond donors (Lipinski definition) is 2. The smallest absolute Gasteiger partial charge is 0.319 e. The van der Waals surface area contributed by atoms with Crippen LogP contribution in [0.15, 0.2) is 0 Å². The summed E-state index contributed by atoms with van der Waals surface area (Å²) in [4.78, 5) is 37.3. The SMILES string of the molecule is CCCCCCCCCCCC(C[C@@H]1OC(=O)[C@H]1CCCCCC)C1CCCC[C@]1(C(N)=O)C(=O)O. The summed E-state index contributed by atoms with van der Waals surface area (Å²) in [5.41, 5.74) is 4.30. The largest absolute Gasteiger partial charge is 0.480 e. The van der Waals surface area contributed by atoms with Crippen molar-refractivity contribution < 1.29 is 24.2 Å². The Bertz CT molecular complexity index is 664. The maximum absolute atomic E-state index is 12.6. The second-order valence-electron chi connectivity index (χ2n) is 11.5. The lowest BCUT2D eigenvalue weighted by molar-refractivity contribution is -0.190. The Balaban J connectivity index is 2.02. The molecule has 1 aliphatic heterocycles. The molecule has 208 valence electrons. The van der Waals surface area contributed by atoms with E-state index in [1.807, 2.05) is 0 Å². The summed E-state index contributed by atoms with van der Waals surface area (Å²) in [6.07, 6.45) is 20.5. The van der Waals surface area contributed by atoms with Crippen LogP contribution in [0.3, 0.4) is 0 Å². The van der Waals surface area contributed by atoms with Crippen LogP contribution in [-0.2, 0) is 19.1 Å². The van der Waals surface area contributed by atoms with Gasteiger partial charge in [0, 0.05) is 0 Å². The van der Waals surface area contributed by atoms with Crippen molar-refractivity contribution in [2.45, 2.75) is 148 Å². The number of amides is 1. The molecule has 36 heavy (non-hydrogen) atoms. The third-order valence-corrected chi connectivity index (χ3v) is 8.96. The Labute approximate surface area is 219 Å². The molecule has 6 nitrogen and oxygen atoms in total. The number of carbonyl (C=O) groups excluding carboxylic acids is 2. The number of nitrogens with two attached hydrogens (primary N) is 1. The molecular formula is C30H53NO5. The molecule has 1 aliphatic carbocycles. The molecule has 0 bridgehead atoms. The number of esters is 1. The molecule has 2 rings (SSSR count). The first kappa shape index (κ1) is 30.6. The van der Waals surface area contributed by atoms with Gasteiger partial charge in [-0.15, -0.1) is 0 Å². The summed E-state index contributed by atoms with van der Waals surface area (Å²) in [6.45, 7) is 4.41. The Morgan fingerprint density at radius 3 is 2.08 bits per heavy atom. The van der Waals surface area contributed by atoms with Crippen molar-refractivity contribution in [3.05, 3.63) is 0 Å². The highest BCUT2D eigenvalue weighted by atomic mass is 16.6. The van der Waals surface area contributed by atoms with Gasteiger partial charge in [-0.3, -0.25) is 14.4 Å². The Kier molecular flexibility index (Phi) is 13.9. The van der Waals surface area contributed by atoms with Gasteiger partial charge in [-0.1, -0.05) is 110 Å². The van der Waals surface area contributed by atoms with Gasteiger partial charge in [-0.2, -0.15) is 0 Å². The van der Waals surface area contributed by atoms with Gasteiger partial charge in [0.15, 0.2) is 0 Å². The summed E-state index contributed by atoms with van der Waals surface area (Å²) in [6, 6.07) is 0. The van der Waals surface area contributed by atoms with Crippen LogP contribution < -0.4 is 5.73 Å². The fraction of sp³-hybridized carbons (Fsp3) is 0.900. The summed E-state index contributed by atoms with van der Waals surface area (Å²) in [5, 5.41) is 10.2. The molecule has 0 aromatic heterocycles. The highest BCUT2D eigenvalue weighted by molar-refractivity contribution is 6.01. The summed E-state index contributed by atoms with van der Waals surface area (Å²) in [5.74, 6) is -2.20. The van der Waals surface area contributed by atoms with Gasteiger partial charge >= 0.3 is 11.9 Å². The maximum Gasteiger partial charge on any atom is 0.319 e. The van der Waals surface area contributed by atoms with E-state index >= 15 is 0 Å². The van der Waals surface area contributed by atoms with Crippen molar-refractivity contribution >= 4 is 17.8 Å². The summed E-state index contributed by atoms with van der Waals surface area (Å²) >= 11 is 0. The van der Waals surface area contributed by atoms with Crippen molar-refractivity contribution in [3.63, 3.8) is 0 Å². The zero-order chi connectivity index (χ0) is 26.4. The number of rotatable bonds is 20. The van der Waals surface area contributed by atoms with Gasteiger partial charge in [0.2, 0.25) is 5.91 Å². The van der Waals surface area contributed by atoms with Gasteiger partial charge in [-0.05, 0) is 43.9 Å². The predicted molar refractivity (Wildman–Crippen MR) is 143 cm³/mol. The van der Waals surface area contributed by atoms with E-state index in [1.165, 1.54) is 51.4 Å². The zero-order valence-electron chi connectivity index (χ0n) is 23.1. The van der Waals surface area contributed by atoms with Crippen molar-refractivity contribution in [3.8, 4) is 0 Å². The summed E-state index contributed by atoms with van der Waals surface area (Å²) in [7, 11) is 0.